The molecule has 0 bridgehead atoms. The fraction of sp³-hybridized carbons (Fsp3) is 0.367. The molecule has 3 aromatic rings. The highest BCUT2D eigenvalue weighted by Gasteiger charge is 2.13. The zero-order valence-corrected chi connectivity index (χ0v) is 27.5. The number of rotatable bonds is 12. The van der Waals surface area contributed by atoms with Crippen LogP contribution in [0.4, 0.5) is 11.4 Å². The van der Waals surface area contributed by atoms with E-state index in [0.29, 0.717) is 35.1 Å². The summed E-state index contributed by atoms with van der Waals surface area (Å²) in [6.45, 7) is 3.69. The van der Waals surface area contributed by atoms with Gasteiger partial charge in [0, 0.05) is 78.4 Å². The molecule has 0 fully saturated rings. The Morgan fingerprint density at radius 1 is 0.933 bits per heavy atom. The van der Waals surface area contributed by atoms with Crippen LogP contribution >= 0.6 is 0 Å². The van der Waals surface area contributed by atoms with Gasteiger partial charge < -0.3 is 56.1 Å². The van der Waals surface area contributed by atoms with Crippen LogP contribution in [0, 0.1) is 0 Å². The lowest BCUT2D eigenvalue weighted by molar-refractivity contribution is -0.0980. The minimum atomic E-state index is -0.279. The molecule has 248 valence electrons. The van der Waals surface area contributed by atoms with Gasteiger partial charge in [-0.05, 0) is 52.3 Å². The van der Waals surface area contributed by atoms with Gasteiger partial charge in [-0.1, -0.05) is 0 Å². The number of nitrogens with one attached hydrogen (secondary N) is 4. The SMILES string of the molecule is C=O.CN.CN/C=C(N)\N=C\c1cc(C(=O)Nc2cc(C=O)n(C)c2)n(C)c1.CNc1cc(C(=O)NCCCN(C)C)n(C)c1. The summed E-state index contributed by atoms with van der Waals surface area (Å²) in [4.78, 5) is 49.3. The number of aryl methyl sites for hydroxylation is 3. The maximum atomic E-state index is 12.4. The highest BCUT2D eigenvalue weighted by atomic mass is 16.2. The molecule has 3 rings (SSSR count). The molecule has 0 aliphatic rings. The van der Waals surface area contributed by atoms with Gasteiger partial charge in [-0.2, -0.15) is 0 Å². The molecule has 0 aliphatic heterocycles. The number of aliphatic imine (C=N–C) groups is 1. The average molecular weight is 628 g/mol. The third-order valence-electron chi connectivity index (χ3n) is 5.93. The van der Waals surface area contributed by atoms with Crippen molar-refractivity contribution in [2.75, 3.05) is 59.0 Å². The number of hydrogen-bond donors (Lipinski definition) is 6. The van der Waals surface area contributed by atoms with E-state index >= 15 is 0 Å². The Morgan fingerprint density at radius 3 is 2.07 bits per heavy atom. The summed E-state index contributed by atoms with van der Waals surface area (Å²) in [5.41, 5.74) is 14.0. The zero-order chi connectivity index (χ0) is 34.5. The minimum absolute atomic E-state index is 0.0206. The lowest BCUT2D eigenvalue weighted by Crippen LogP contribution is -2.28. The minimum Gasteiger partial charge on any atom is -0.391 e. The molecule has 45 heavy (non-hydrogen) atoms. The molecule has 15 nitrogen and oxygen atoms in total. The van der Waals surface area contributed by atoms with E-state index in [0.717, 1.165) is 30.5 Å². The zero-order valence-electron chi connectivity index (χ0n) is 27.5. The highest BCUT2D eigenvalue weighted by molar-refractivity contribution is 6.04. The van der Waals surface area contributed by atoms with Gasteiger partial charge in [0.1, 0.15) is 24.0 Å². The van der Waals surface area contributed by atoms with Crippen LogP contribution in [0.3, 0.4) is 0 Å². The second-order valence-electron chi connectivity index (χ2n) is 9.61. The van der Waals surface area contributed by atoms with Crippen LogP contribution in [0.15, 0.2) is 53.8 Å². The number of carbonyl (C=O) groups is 4. The van der Waals surface area contributed by atoms with Crippen LogP contribution in [-0.4, -0.2) is 98.0 Å². The molecule has 0 aliphatic carbocycles. The maximum Gasteiger partial charge on any atom is 0.272 e. The molecule has 0 aromatic carbocycles. The van der Waals surface area contributed by atoms with Crippen LogP contribution in [-0.2, 0) is 25.9 Å². The number of nitrogens with zero attached hydrogens (tertiary/aromatic N) is 5. The summed E-state index contributed by atoms with van der Waals surface area (Å²) in [5.74, 6) is 0.0322. The summed E-state index contributed by atoms with van der Waals surface area (Å²) in [7, 11) is 14.5. The quantitative estimate of drug-likeness (QED) is 0.0962. The normalized spacial score (nSPS) is 10.5. The number of anilines is 2. The first kappa shape index (κ1) is 39.8. The van der Waals surface area contributed by atoms with Crippen molar-refractivity contribution in [1.29, 1.82) is 0 Å². The van der Waals surface area contributed by atoms with Gasteiger partial charge >= 0.3 is 0 Å². The molecule has 3 heterocycles. The van der Waals surface area contributed by atoms with E-state index < -0.39 is 0 Å². The van der Waals surface area contributed by atoms with Crippen molar-refractivity contribution in [3.8, 4) is 0 Å². The highest BCUT2D eigenvalue weighted by Crippen LogP contribution is 2.14. The summed E-state index contributed by atoms with van der Waals surface area (Å²) in [6, 6.07) is 5.16. The van der Waals surface area contributed by atoms with Gasteiger partial charge in [0.25, 0.3) is 11.8 Å². The second kappa shape index (κ2) is 21.5. The number of aromatic nitrogens is 3. The van der Waals surface area contributed by atoms with E-state index in [1.165, 1.54) is 7.05 Å². The van der Waals surface area contributed by atoms with Crippen molar-refractivity contribution in [3.63, 3.8) is 0 Å². The Bertz CT molecular complexity index is 1400. The van der Waals surface area contributed by atoms with Gasteiger partial charge in [0.2, 0.25) is 0 Å². The fourth-order valence-electron chi connectivity index (χ4n) is 3.80. The summed E-state index contributed by atoms with van der Waals surface area (Å²) >= 11 is 0. The molecular formula is C30H49N11O4. The number of carbonyl (C=O) groups excluding carboxylic acids is 4. The molecule has 2 amide bonds. The van der Waals surface area contributed by atoms with Crippen molar-refractivity contribution in [3.05, 3.63) is 71.5 Å². The monoisotopic (exact) mass is 627 g/mol. The van der Waals surface area contributed by atoms with Gasteiger partial charge in [-0.15, -0.1) is 0 Å². The molecule has 8 N–H and O–H groups in total. The molecule has 3 aromatic heterocycles. The van der Waals surface area contributed by atoms with E-state index in [1.54, 1.807) is 67.2 Å². The lowest BCUT2D eigenvalue weighted by Gasteiger charge is -2.10. The van der Waals surface area contributed by atoms with Crippen molar-refractivity contribution < 1.29 is 19.2 Å². The van der Waals surface area contributed by atoms with Crippen LogP contribution in [0.1, 0.15) is 43.4 Å². The van der Waals surface area contributed by atoms with E-state index in [2.05, 4.69) is 36.9 Å². The molecule has 0 saturated carbocycles. The standard InChI is InChI=1S/C16H20N6O2.C12H22N4O.CH5N.CH2O/c1-18-7-15(17)19-6-11-4-14(22(3)8-11)16(24)20-12-5-13(10-23)21(2)9-12;1-13-10-8-11(16(4)9-10)12(17)14-6-5-7-15(2)3;2*1-2/h4-10,18H,17H2,1-3H3,(H,20,24);8-9,13H,5-7H2,1-4H3,(H,14,17);2H2,1H3;1H2/b15-7-,19-6+;;;. The van der Waals surface area contributed by atoms with Gasteiger partial charge in [0.15, 0.2) is 6.29 Å². The van der Waals surface area contributed by atoms with Crippen molar-refractivity contribution in [2.24, 2.45) is 37.6 Å². The Labute approximate surface area is 265 Å². The Balaban J connectivity index is 0.000000811. The van der Waals surface area contributed by atoms with Crippen LogP contribution in [0.25, 0.3) is 0 Å². The van der Waals surface area contributed by atoms with E-state index in [1.807, 2.05) is 51.8 Å². The molecule has 0 unspecified atom stereocenters. The molecule has 0 saturated heterocycles. The third-order valence-corrected chi connectivity index (χ3v) is 5.93. The topological polar surface area (TPSA) is 199 Å². The largest absolute Gasteiger partial charge is 0.391 e. The lowest BCUT2D eigenvalue weighted by atomic mass is 10.3. The van der Waals surface area contributed by atoms with Gasteiger partial charge in [-0.25, -0.2) is 4.99 Å². The van der Waals surface area contributed by atoms with E-state index in [-0.39, 0.29) is 11.8 Å². The van der Waals surface area contributed by atoms with Crippen molar-refractivity contribution in [2.45, 2.75) is 6.42 Å². The first-order valence-corrected chi connectivity index (χ1v) is 13.9. The Kier molecular flexibility index (Phi) is 19.1. The Hall–Kier alpha value is -5.15. The van der Waals surface area contributed by atoms with E-state index in [4.69, 9.17) is 10.5 Å². The summed E-state index contributed by atoms with van der Waals surface area (Å²) in [6.07, 6.45) is 10.2. The molecule has 0 atom stereocenters. The number of hydrogen-bond acceptors (Lipinski definition) is 10. The smallest absolute Gasteiger partial charge is 0.272 e. The fourth-order valence-corrected chi connectivity index (χ4v) is 3.80. The third kappa shape index (κ3) is 13.8. The van der Waals surface area contributed by atoms with Crippen molar-refractivity contribution in [1.82, 2.24) is 29.2 Å². The molecule has 15 heteroatoms. The summed E-state index contributed by atoms with van der Waals surface area (Å²) < 4.78 is 5.16. The second-order valence-corrected chi connectivity index (χ2v) is 9.61. The van der Waals surface area contributed by atoms with Crippen LogP contribution < -0.4 is 32.7 Å². The first-order chi connectivity index (χ1) is 21.5. The summed E-state index contributed by atoms with van der Waals surface area (Å²) in [5, 5.41) is 11.5. The first-order valence-electron chi connectivity index (χ1n) is 13.9. The van der Waals surface area contributed by atoms with Gasteiger partial charge in [-0.3, -0.25) is 14.4 Å². The number of aldehydes is 1. The van der Waals surface area contributed by atoms with E-state index in [9.17, 15) is 14.4 Å². The molecule has 0 spiro atoms. The molecular weight excluding hydrogens is 578 g/mol. The number of nitrogens with two attached hydrogens (primary N) is 2. The van der Waals surface area contributed by atoms with Gasteiger partial charge in [0.05, 0.1) is 17.1 Å². The number of amides is 2. The molecule has 0 radical (unpaired) electrons. The van der Waals surface area contributed by atoms with Crippen LogP contribution in [0.5, 0.6) is 0 Å². The predicted octanol–water partition coefficient (Wildman–Crippen LogP) is 0.963. The van der Waals surface area contributed by atoms with Crippen molar-refractivity contribution >= 4 is 42.5 Å². The predicted molar refractivity (Wildman–Crippen MR) is 181 cm³/mol. The average Bonchev–Trinajstić information content (AvgIpc) is 3.71. The van der Waals surface area contributed by atoms with Crippen LogP contribution in [0.2, 0.25) is 0 Å². The Morgan fingerprint density at radius 2 is 1.53 bits per heavy atom. The maximum absolute atomic E-state index is 12.4.